The summed E-state index contributed by atoms with van der Waals surface area (Å²) in [5.41, 5.74) is 0.0496. The minimum atomic E-state index is -0.480. The number of ether oxygens (including phenoxy) is 1. The molecule has 22 heavy (non-hydrogen) atoms. The monoisotopic (exact) mass is 302 g/mol. The number of amides is 1. The van der Waals surface area contributed by atoms with Crippen molar-refractivity contribution < 1.29 is 9.53 Å². The van der Waals surface area contributed by atoms with Gasteiger partial charge in [-0.15, -0.1) is 0 Å². The molecule has 1 N–H and O–H groups in total. The van der Waals surface area contributed by atoms with Crippen LogP contribution in [0, 0.1) is 11.3 Å². The van der Waals surface area contributed by atoms with Gasteiger partial charge in [0, 0.05) is 19.3 Å². The number of nitrogens with zero attached hydrogens (tertiary/aromatic N) is 3. The Morgan fingerprint density at radius 1 is 1.55 bits per heavy atom. The molecule has 1 aromatic heterocycles. The quantitative estimate of drug-likeness (QED) is 0.929. The molecule has 6 nitrogen and oxygen atoms in total. The van der Waals surface area contributed by atoms with E-state index in [2.05, 4.69) is 10.3 Å². The van der Waals surface area contributed by atoms with Crippen molar-refractivity contribution >= 4 is 11.9 Å². The van der Waals surface area contributed by atoms with Crippen molar-refractivity contribution in [1.82, 2.24) is 9.88 Å². The third-order valence-electron chi connectivity index (χ3n) is 3.42. The Labute approximate surface area is 131 Å². The van der Waals surface area contributed by atoms with Gasteiger partial charge in [-0.2, -0.15) is 5.26 Å². The number of carbonyl (C=O) groups excluding carboxylic acids is 1. The van der Waals surface area contributed by atoms with E-state index in [1.807, 2.05) is 26.8 Å². The molecular weight excluding hydrogens is 280 g/mol. The molecule has 1 aliphatic heterocycles. The van der Waals surface area contributed by atoms with Crippen LogP contribution in [-0.2, 0) is 4.74 Å². The van der Waals surface area contributed by atoms with Crippen molar-refractivity contribution in [3.8, 4) is 6.07 Å². The lowest BCUT2D eigenvalue weighted by molar-refractivity contribution is 0.0235. The Balaban J connectivity index is 1.91. The average Bonchev–Trinajstić information content (AvgIpc) is 2.92. The molecule has 1 fully saturated rings. The van der Waals surface area contributed by atoms with E-state index in [-0.39, 0.29) is 12.1 Å². The largest absolute Gasteiger partial charge is 0.444 e. The molecule has 0 radical (unpaired) electrons. The summed E-state index contributed by atoms with van der Waals surface area (Å²) in [5.74, 6) is 0.704. The second kappa shape index (κ2) is 6.65. The molecule has 0 unspecified atom stereocenters. The maximum Gasteiger partial charge on any atom is 0.410 e. The van der Waals surface area contributed by atoms with Crippen molar-refractivity contribution in [2.75, 3.05) is 18.4 Å². The van der Waals surface area contributed by atoms with Gasteiger partial charge in [-0.1, -0.05) is 0 Å². The third kappa shape index (κ3) is 4.35. The van der Waals surface area contributed by atoms with Gasteiger partial charge in [-0.3, -0.25) is 0 Å². The molecule has 6 heteroatoms. The molecule has 0 aliphatic carbocycles. The first kappa shape index (κ1) is 16.1. The molecule has 0 saturated carbocycles. The Morgan fingerprint density at radius 3 is 2.91 bits per heavy atom. The molecule has 1 atom stereocenters. The number of anilines is 1. The minimum absolute atomic E-state index is 0.104. The standard InChI is InChI=1S/C16H22N4O2/c1-16(2,3)22-15(21)20-8-4-5-13(20)11-19-14-7-6-12(9-17)10-18-14/h6-7,10,13H,4-5,8,11H2,1-3H3,(H,18,19)/t13-/m0/s1. The summed E-state index contributed by atoms with van der Waals surface area (Å²) in [7, 11) is 0. The number of nitrogens with one attached hydrogen (secondary N) is 1. The topological polar surface area (TPSA) is 78.2 Å². The summed E-state index contributed by atoms with van der Waals surface area (Å²) < 4.78 is 5.44. The highest BCUT2D eigenvalue weighted by atomic mass is 16.6. The predicted octanol–water partition coefficient (Wildman–Crippen LogP) is 2.76. The zero-order chi connectivity index (χ0) is 16.2. The van der Waals surface area contributed by atoms with Gasteiger partial charge in [0.25, 0.3) is 0 Å². The third-order valence-corrected chi connectivity index (χ3v) is 3.42. The molecule has 1 saturated heterocycles. The fourth-order valence-electron chi connectivity index (χ4n) is 2.40. The van der Waals surface area contributed by atoms with Crippen molar-refractivity contribution in [2.45, 2.75) is 45.3 Å². The lowest BCUT2D eigenvalue weighted by Crippen LogP contribution is -2.42. The lowest BCUT2D eigenvalue weighted by Gasteiger charge is -2.28. The molecular formula is C16H22N4O2. The Morgan fingerprint density at radius 2 is 2.32 bits per heavy atom. The number of aromatic nitrogens is 1. The molecule has 0 spiro atoms. The van der Waals surface area contributed by atoms with Gasteiger partial charge in [0.15, 0.2) is 0 Å². The molecule has 2 heterocycles. The average molecular weight is 302 g/mol. The zero-order valence-electron chi connectivity index (χ0n) is 13.3. The fraction of sp³-hybridized carbons (Fsp3) is 0.562. The van der Waals surface area contributed by atoms with Crippen molar-refractivity contribution in [3.05, 3.63) is 23.9 Å². The summed E-state index contributed by atoms with van der Waals surface area (Å²) >= 11 is 0. The van der Waals surface area contributed by atoms with Gasteiger partial charge in [0.05, 0.1) is 11.6 Å². The van der Waals surface area contributed by atoms with Crippen molar-refractivity contribution in [3.63, 3.8) is 0 Å². The summed E-state index contributed by atoms with van der Waals surface area (Å²) in [6.07, 6.45) is 3.20. The van der Waals surface area contributed by atoms with Crippen molar-refractivity contribution in [1.29, 1.82) is 5.26 Å². The smallest absolute Gasteiger partial charge is 0.410 e. The first-order chi connectivity index (χ1) is 10.4. The Bertz CT molecular complexity index is 557. The molecule has 1 amide bonds. The van der Waals surface area contributed by atoms with Crippen LogP contribution in [-0.4, -0.2) is 40.7 Å². The maximum absolute atomic E-state index is 12.2. The van der Waals surface area contributed by atoms with E-state index in [1.54, 1.807) is 17.0 Å². The predicted molar refractivity (Wildman–Crippen MR) is 83.4 cm³/mol. The summed E-state index contributed by atoms with van der Waals surface area (Å²) in [5, 5.41) is 12.0. The van der Waals surface area contributed by atoms with Crippen LogP contribution in [0.4, 0.5) is 10.6 Å². The van der Waals surface area contributed by atoms with Crippen LogP contribution in [0.15, 0.2) is 18.3 Å². The minimum Gasteiger partial charge on any atom is -0.444 e. The van der Waals surface area contributed by atoms with E-state index in [1.165, 1.54) is 6.20 Å². The highest BCUT2D eigenvalue weighted by molar-refractivity contribution is 5.69. The van der Waals surface area contributed by atoms with Crippen LogP contribution < -0.4 is 5.32 Å². The summed E-state index contributed by atoms with van der Waals surface area (Å²) in [6, 6.07) is 5.63. The molecule has 118 valence electrons. The first-order valence-corrected chi connectivity index (χ1v) is 7.49. The van der Waals surface area contributed by atoms with Crippen LogP contribution in [0.5, 0.6) is 0 Å². The van der Waals surface area contributed by atoms with Gasteiger partial charge in [-0.25, -0.2) is 9.78 Å². The second-order valence-electron chi connectivity index (χ2n) is 6.39. The van der Waals surface area contributed by atoms with Gasteiger partial charge in [0.1, 0.15) is 17.5 Å². The summed E-state index contributed by atoms with van der Waals surface area (Å²) in [6.45, 7) is 6.96. The van der Waals surface area contributed by atoms with E-state index in [0.29, 0.717) is 17.9 Å². The number of hydrogen-bond donors (Lipinski definition) is 1. The SMILES string of the molecule is CC(C)(C)OC(=O)N1CCC[C@H]1CNc1ccc(C#N)cn1. The molecule has 2 rings (SSSR count). The second-order valence-corrected chi connectivity index (χ2v) is 6.39. The summed E-state index contributed by atoms with van der Waals surface area (Å²) in [4.78, 5) is 18.1. The lowest BCUT2D eigenvalue weighted by atomic mass is 10.2. The maximum atomic E-state index is 12.2. The zero-order valence-corrected chi connectivity index (χ0v) is 13.3. The van der Waals surface area contributed by atoms with Gasteiger partial charge in [-0.05, 0) is 45.7 Å². The van der Waals surface area contributed by atoms with E-state index < -0.39 is 5.60 Å². The van der Waals surface area contributed by atoms with Crippen LogP contribution in [0.1, 0.15) is 39.2 Å². The number of nitriles is 1. The highest BCUT2D eigenvalue weighted by Crippen LogP contribution is 2.21. The van der Waals surface area contributed by atoms with Crippen LogP contribution >= 0.6 is 0 Å². The number of hydrogen-bond acceptors (Lipinski definition) is 5. The number of rotatable bonds is 3. The number of likely N-dealkylation sites (tertiary alicyclic amines) is 1. The Kier molecular flexibility index (Phi) is 4.86. The van der Waals surface area contributed by atoms with Crippen LogP contribution in [0.2, 0.25) is 0 Å². The molecule has 1 aliphatic rings. The van der Waals surface area contributed by atoms with Crippen LogP contribution in [0.3, 0.4) is 0 Å². The van der Waals surface area contributed by atoms with E-state index >= 15 is 0 Å². The Hall–Kier alpha value is -2.29. The van der Waals surface area contributed by atoms with E-state index in [9.17, 15) is 4.79 Å². The molecule has 0 bridgehead atoms. The highest BCUT2D eigenvalue weighted by Gasteiger charge is 2.31. The van der Waals surface area contributed by atoms with Gasteiger partial charge in [0.2, 0.25) is 0 Å². The van der Waals surface area contributed by atoms with E-state index in [0.717, 1.165) is 19.4 Å². The normalized spacial score (nSPS) is 17.9. The first-order valence-electron chi connectivity index (χ1n) is 7.49. The number of carbonyl (C=O) groups is 1. The van der Waals surface area contributed by atoms with Gasteiger partial charge >= 0.3 is 6.09 Å². The number of pyridine rings is 1. The van der Waals surface area contributed by atoms with Crippen molar-refractivity contribution in [2.24, 2.45) is 0 Å². The van der Waals surface area contributed by atoms with E-state index in [4.69, 9.17) is 10.00 Å². The molecule has 1 aromatic rings. The van der Waals surface area contributed by atoms with Crippen LogP contribution in [0.25, 0.3) is 0 Å². The van der Waals surface area contributed by atoms with Gasteiger partial charge < -0.3 is 15.0 Å². The fourth-order valence-corrected chi connectivity index (χ4v) is 2.40. The molecule has 0 aromatic carbocycles.